The summed E-state index contributed by atoms with van der Waals surface area (Å²) in [5.74, 6) is -2.91. The number of rotatable bonds is 6. The summed E-state index contributed by atoms with van der Waals surface area (Å²) in [6.07, 6.45) is 0. The predicted octanol–water partition coefficient (Wildman–Crippen LogP) is 2.28. The number of nitrogens with two attached hydrogens (primary N) is 1. The lowest BCUT2D eigenvalue weighted by Crippen LogP contribution is -2.30. The van der Waals surface area contributed by atoms with Gasteiger partial charge in [-0.25, -0.2) is 9.59 Å². The van der Waals surface area contributed by atoms with Gasteiger partial charge < -0.3 is 19.9 Å². The maximum Gasteiger partial charge on any atom is 0.340 e. The van der Waals surface area contributed by atoms with E-state index in [0.717, 1.165) is 0 Å². The number of carbonyl (C=O) groups is 2. The van der Waals surface area contributed by atoms with Gasteiger partial charge >= 0.3 is 11.9 Å². The number of nitro groups is 1. The van der Waals surface area contributed by atoms with Gasteiger partial charge in [0.1, 0.15) is 11.3 Å². The molecule has 1 atom stereocenters. The van der Waals surface area contributed by atoms with E-state index in [0.29, 0.717) is 0 Å². The van der Waals surface area contributed by atoms with Gasteiger partial charge in [0.2, 0.25) is 5.88 Å². The monoisotopic (exact) mass is 376 g/mol. The molecule has 9 nitrogen and oxygen atoms in total. The zero-order chi connectivity index (χ0) is 20.1. The Morgan fingerprint density at radius 1 is 1.15 bits per heavy atom. The van der Waals surface area contributed by atoms with Crippen LogP contribution in [0.4, 0.5) is 5.69 Å². The lowest BCUT2D eigenvalue weighted by molar-refractivity contribution is -0.385. The van der Waals surface area contributed by atoms with E-state index in [1.54, 1.807) is 19.9 Å². The quantitative estimate of drug-likeness (QED) is 0.454. The largest absolute Gasteiger partial charge is 0.463 e. The van der Waals surface area contributed by atoms with E-state index < -0.39 is 22.8 Å². The maximum atomic E-state index is 12.6. The number of hydrogen-bond acceptors (Lipinski definition) is 8. The van der Waals surface area contributed by atoms with Gasteiger partial charge in [0, 0.05) is 11.6 Å². The van der Waals surface area contributed by atoms with Crippen molar-refractivity contribution in [1.29, 1.82) is 0 Å². The third kappa shape index (κ3) is 3.91. The number of nitro benzene ring substituents is 1. The minimum atomic E-state index is -1.15. The molecule has 27 heavy (non-hydrogen) atoms. The standard InChI is InChI=1S/C18H20N2O7/c1-4-25-17(21)13-10(3)27-16(19)15(18(22)26-5-2)14(13)11-8-6-7-9-12(11)20(23)24/h6-9,14H,4-5,19H2,1-3H3/t14-/m1/s1. The molecule has 0 fully saturated rings. The summed E-state index contributed by atoms with van der Waals surface area (Å²) >= 11 is 0. The second-order valence-corrected chi connectivity index (χ2v) is 5.54. The van der Waals surface area contributed by atoms with Crippen molar-refractivity contribution >= 4 is 17.6 Å². The van der Waals surface area contributed by atoms with E-state index in [1.807, 2.05) is 0 Å². The third-order valence-electron chi connectivity index (χ3n) is 3.92. The van der Waals surface area contributed by atoms with E-state index in [4.69, 9.17) is 19.9 Å². The minimum Gasteiger partial charge on any atom is -0.463 e. The number of benzene rings is 1. The van der Waals surface area contributed by atoms with E-state index in [-0.39, 0.29) is 47.3 Å². The lowest BCUT2D eigenvalue weighted by Gasteiger charge is -2.28. The molecule has 144 valence electrons. The molecule has 0 aliphatic carbocycles. The van der Waals surface area contributed by atoms with Crippen molar-refractivity contribution in [2.24, 2.45) is 5.73 Å². The Bertz CT molecular complexity index is 802. The average molecular weight is 376 g/mol. The van der Waals surface area contributed by atoms with Crippen LogP contribution in [0.15, 0.2) is 47.1 Å². The number of allylic oxidation sites excluding steroid dienone is 1. The van der Waals surface area contributed by atoms with E-state index >= 15 is 0 Å². The number of nitrogens with zero attached hydrogens (tertiary/aromatic N) is 1. The molecule has 0 spiro atoms. The van der Waals surface area contributed by atoms with Crippen LogP contribution in [0.3, 0.4) is 0 Å². The van der Waals surface area contributed by atoms with Crippen LogP contribution in [-0.2, 0) is 23.8 Å². The topological polar surface area (TPSA) is 131 Å². The molecule has 0 bridgehead atoms. The zero-order valence-electron chi connectivity index (χ0n) is 15.2. The second-order valence-electron chi connectivity index (χ2n) is 5.54. The van der Waals surface area contributed by atoms with Crippen molar-refractivity contribution in [3.05, 3.63) is 62.7 Å². The van der Waals surface area contributed by atoms with Crippen LogP contribution < -0.4 is 5.73 Å². The maximum absolute atomic E-state index is 12.6. The molecule has 1 aliphatic heterocycles. The van der Waals surface area contributed by atoms with Crippen LogP contribution in [0, 0.1) is 10.1 Å². The van der Waals surface area contributed by atoms with Gasteiger partial charge in [0.25, 0.3) is 5.69 Å². The van der Waals surface area contributed by atoms with Crippen molar-refractivity contribution in [3.8, 4) is 0 Å². The number of carbonyl (C=O) groups excluding carboxylic acids is 2. The minimum absolute atomic E-state index is 0.0385. The van der Waals surface area contributed by atoms with Crippen molar-refractivity contribution in [2.45, 2.75) is 26.7 Å². The molecule has 9 heteroatoms. The normalized spacial score (nSPS) is 16.6. The highest BCUT2D eigenvalue weighted by Gasteiger charge is 2.42. The predicted molar refractivity (Wildman–Crippen MR) is 94.1 cm³/mol. The Morgan fingerprint density at radius 3 is 2.26 bits per heavy atom. The van der Waals surface area contributed by atoms with E-state index in [9.17, 15) is 19.7 Å². The average Bonchev–Trinajstić information content (AvgIpc) is 2.61. The molecule has 0 saturated carbocycles. The Labute approximate surface area is 155 Å². The molecule has 0 unspecified atom stereocenters. The van der Waals surface area contributed by atoms with Crippen LogP contribution in [0.5, 0.6) is 0 Å². The smallest absolute Gasteiger partial charge is 0.340 e. The molecule has 0 amide bonds. The first kappa shape index (κ1) is 20.0. The molecule has 1 heterocycles. The highest BCUT2D eigenvalue weighted by Crippen LogP contribution is 2.43. The fraction of sp³-hybridized carbons (Fsp3) is 0.333. The summed E-state index contributed by atoms with van der Waals surface area (Å²) in [5, 5.41) is 11.5. The molecular weight excluding hydrogens is 356 g/mol. The molecule has 0 saturated heterocycles. The highest BCUT2D eigenvalue weighted by molar-refractivity contribution is 5.99. The van der Waals surface area contributed by atoms with Crippen molar-refractivity contribution < 1.29 is 28.7 Å². The van der Waals surface area contributed by atoms with Crippen LogP contribution in [0.2, 0.25) is 0 Å². The van der Waals surface area contributed by atoms with Crippen LogP contribution in [0.25, 0.3) is 0 Å². The second kappa shape index (κ2) is 8.35. The summed E-state index contributed by atoms with van der Waals surface area (Å²) < 4.78 is 15.5. The number of hydrogen-bond donors (Lipinski definition) is 1. The first-order chi connectivity index (χ1) is 12.8. The van der Waals surface area contributed by atoms with Crippen LogP contribution in [-0.4, -0.2) is 30.1 Å². The van der Waals surface area contributed by atoms with Gasteiger partial charge in [0.15, 0.2) is 0 Å². The Balaban J connectivity index is 2.75. The molecule has 2 rings (SSSR count). The third-order valence-corrected chi connectivity index (χ3v) is 3.92. The first-order valence-electron chi connectivity index (χ1n) is 8.29. The Kier molecular flexibility index (Phi) is 6.17. The van der Waals surface area contributed by atoms with Gasteiger partial charge in [-0.2, -0.15) is 0 Å². The molecule has 1 aliphatic rings. The summed E-state index contributed by atoms with van der Waals surface area (Å²) in [5.41, 5.74) is 5.51. The van der Waals surface area contributed by atoms with Gasteiger partial charge in [0.05, 0.1) is 29.6 Å². The molecule has 2 N–H and O–H groups in total. The number of ether oxygens (including phenoxy) is 3. The van der Waals surface area contributed by atoms with Crippen molar-refractivity contribution in [3.63, 3.8) is 0 Å². The number of esters is 2. The molecule has 0 radical (unpaired) electrons. The zero-order valence-corrected chi connectivity index (χ0v) is 15.2. The van der Waals surface area contributed by atoms with Crippen molar-refractivity contribution in [2.75, 3.05) is 13.2 Å². The summed E-state index contributed by atoms with van der Waals surface area (Å²) in [6.45, 7) is 4.83. The summed E-state index contributed by atoms with van der Waals surface area (Å²) in [4.78, 5) is 36.0. The van der Waals surface area contributed by atoms with Gasteiger partial charge in [-0.1, -0.05) is 18.2 Å². The summed E-state index contributed by atoms with van der Waals surface area (Å²) in [7, 11) is 0. The first-order valence-corrected chi connectivity index (χ1v) is 8.29. The van der Waals surface area contributed by atoms with E-state index in [1.165, 1.54) is 25.1 Å². The fourth-order valence-electron chi connectivity index (χ4n) is 2.87. The van der Waals surface area contributed by atoms with Crippen LogP contribution >= 0.6 is 0 Å². The van der Waals surface area contributed by atoms with Gasteiger partial charge in [-0.05, 0) is 20.8 Å². The molecule has 1 aromatic rings. The fourth-order valence-corrected chi connectivity index (χ4v) is 2.87. The highest BCUT2D eigenvalue weighted by atomic mass is 16.6. The SMILES string of the molecule is CCOC(=O)C1=C(C)OC(N)=C(C(=O)OCC)[C@@H]1c1ccccc1[N+](=O)[O-]. The molecular formula is C18H20N2O7. The lowest BCUT2D eigenvalue weighted by atomic mass is 9.81. The van der Waals surface area contributed by atoms with Gasteiger partial charge in [-0.3, -0.25) is 10.1 Å². The molecule has 0 aromatic heterocycles. The number of para-hydroxylation sites is 1. The van der Waals surface area contributed by atoms with Crippen molar-refractivity contribution in [1.82, 2.24) is 0 Å². The Morgan fingerprint density at radius 2 is 1.70 bits per heavy atom. The van der Waals surface area contributed by atoms with E-state index in [2.05, 4.69) is 0 Å². The van der Waals surface area contributed by atoms with Gasteiger partial charge in [-0.15, -0.1) is 0 Å². The summed E-state index contributed by atoms with van der Waals surface area (Å²) in [6, 6.07) is 5.78. The Hall–Kier alpha value is -3.36. The molecule has 1 aromatic carbocycles. The van der Waals surface area contributed by atoms with Crippen LogP contribution in [0.1, 0.15) is 32.3 Å².